The highest BCUT2D eigenvalue weighted by atomic mass is 35.5. The van der Waals surface area contributed by atoms with Gasteiger partial charge in [0.25, 0.3) is 6.04 Å². The number of aliphatic imine (C=N–C) groups is 1. The van der Waals surface area contributed by atoms with E-state index in [1.54, 1.807) is 12.3 Å². The molecule has 1 atom stereocenters. The van der Waals surface area contributed by atoms with E-state index in [-0.39, 0.29) is 4.92 Å². The van der Waals surface area contributed by atoms with Crippen LogP contribution in [0.5, 0.6) is 0 Å². The number of hydrogen-bond donors (Lipinski definition) is 0. The van der Waals surface area contributed by atoms with Crippen LogP contribution in [0.15, 0.2) is 23.3 Å². The Morgan fingerprint density at radius 2 is 2.38 bits per heavy atom. The molecule has 1 aliphatic heterocycles. The Hall–Kier alpha value is -1.18. The van der Waals surface area contributed by atoms with Crippen molar-refractivity contribution in [3.63, 3.8) is 0 Å². The fourth-order valence-corrected chi connectivity index (χ4v) is 3.21. The molecular weight excluding hydrogens is 312 g/mol. The normalized spacial score (nSPS) is 16.6. The fraction of sp³-hybridized carbons (Fsp3) is 0.538. The van der Waals surface area contributed by atoms with Gasteiger partial charge >= 0.3 is 0 Å². The lowest BCUT2D eigenvalue weighted by Crippen LogP contribution is -2.40. The van der Waals surface area contributed by atoms with Crippen LogP contribution in [-0.2, 0) is 6.54 Å². The van der Waals surface area contributed by atoms with Crippen molar-refractivity contribution >= 4 is 28.4 Å². The van der Waals surface area contributed by atoms with E-state index in [1.165, 1.54) is 11.8 Å². The molecule has 1 aromatic heterocycles. The number of likely N-dealkylation sites (N-methyl/N-ethyl adjacent to an activating group) is 1. The highest BCUT2D eigenvalue weighted by Crippen LogP contribution is 2.18. The maximum absolute atomic E-state index is 11.3. The molecule has 0 N–H and O–H groups in total. The minimum atomic E-state index is -0.749. The molecule has 2 rings (SSSR count). The van der Waals surface area contributed by atoms with Crippen molar-refractivity contribution in [1.29, 1.82) is 0 Å². The van der Waals surface area contributed by atoms with Crippen LogP contribution in [0.1, 0.15) is 12.0 Å². The highest BCUT2D eigenvalue weighted by Gasteiger charge is 2.30. The van der Waals surface area contributed by atoms with Gasteiger partial charge in [-0.3, -0.25) is 20.0 Å². The zero-order chi connectivity index (χ0) is 15.2. The molecule has 6 nitrogen and oxygen atoms in total. The maximum Gasteiger partial charge on any atom is 0.272 e. The van der Waals surface area contributed by atoms with Gasteiger partial charge in [-0.05, 0) is 25.1 Å². The van der Waals surface area contributed by atoms with E-state index in [1.807, 2.05) is 18.0 Å². The molecule has 1 aliphatic rings. The van der Waals surface area contributed by atoms with Crippen LogP contribution in [0.25, 0.3) is 0 Å². The summed E-state index contributed by atoms with van der Waals surface area (Å²) < 4.78 is 0. The summed E-state index contributed by atoms with van der Waals surface area (Å²) in [6.45, 7) is 1.62. The minimum Gasteiger partial charge on any atom is -0.295 e. The van der Waals surface area contributed by atoms with E-state index in [0.29, 0.717) is 29.8 Å². The Kier molecular flexibility index (Phi) is 5.96. The van der Waals surface area contributed by atoms with Gasteiger partial charge in [-0.1, -0.05) is 17.7 Å². The molecule has 114 valence electrons. The third kappa shape index (κ3) is 4.94. The van der Waals surface area contributed by atoms with Gasteiger partial charge in [0.05, 0.1) is 6.54 Å². The van der Waals surface area contributed by atoms with Gasteiger partial charge in [0.15, 0.2) is 0 Å². The second kappa shape index (κ2) is 7.72. The number of hydrogen-bond acceptors (Lipinski definition) is 6. The molecule has 0 aliphatic carbocycles. The Labute approximate surface area is 132 Å². The first-order chi connectivity index (χ1) is 10.1. The van der Waals surface area contributed by atoms with E-state index in [9.17, 15) is 10.1 Å². The molecule has 2 heterocycles. The van der Waals surface area contributed by atoms with Crippen LogP contribution in [0.3, 0.4) is 0 Å². The first-order valence-electron chi connectivity index (χ1n) is 6.66. The highest BCUT2D eigenvalue weighted by molar-refractivity contribution is 8.14. The number of aromatic nitrogens is 1. The summed E-state index contributed by atoms with van der Waals surface area (Å²) in [5, 5.41) is 12.4. The molecule has 0 saturated heterocycles. The van der Waals surface area contributed by atoms with Crippen molar-refractivity contribution in [3.8, 4) is 0 Å². The lowest BCUT2D eigenvalue weighted by Gasteiger charge is -2.21. The Morgan fingerprint density at radius 3 is 2.95 bits per heavy atom. The number of rotatable bonds is 6. The molecule has 0 bridgehead atoms. The molecule has 0 saturated carbocycles. The zero-order valence-corrected chi connectivity index (χ0v) is 13.3. The summed E-state index contributed by atoms with van der Waals surface area (Å²) in [7, 11) is 1.86. The van der Waals surface area contributed by atoms with Gasteiger partial charge in [0.1, 0.15) is 10.2 Å². The number of thioether (sulfide) groups is 1. The van der Waals surface area contributed by atoms with Gasteiger partial charge in [-0.25, -0.2) is 4.98 Å². The Morgan fingerprint density at radius 1 is 1.57 bits per heavy atom. The average Bonchev–Trinajstić information content (AvgIpc) is 2.48. The van der Waals surface area contributed by atoms with Crippen molar-refractivity contribution < 1.29 is 4.92 Å². The number of pyridine rings is 1. The first kappa shape index (κ1) is 16.2. The third-order valence-corrected chi connectivity index (χ3v) is 4.50. The Bertz CT molecular complexity index is 523. The molecule has 0 spiro atoms. The molecular formula is C13H17ClN4O2S. The van der Waals surface area contributed by atoms with E-state index < -0.39 is 6.04 Å². The van der Waals surface area contributed by atoms with Gasteiger partial charge in [-0.15, -0.1) is 11.8 Å². The number of nitrogens with zero attached hydrogens (tertiary/aromatic N) is 4. The van der Waals surface area contributed by atoms with Crippen molar-refractivity contribution in [2.75, 3.05) is 25.9 Å². The number of halogens is 1. The lowest BCUT2D eigenvalue weighted by atomic mass is 10.2. The van der Waals surface area contributed by atoms with Gasteiger partial charge < -0.3 is 0 Å². The van der Waals surface area contributed by atoms with Crippen LogP contribution < -0.4 is 0 Å². The molecule has 0 unspecified atom stereocenters. The van der Waals surface area contributed by atoms with Crippen LogP contribution in [-0.4, -0.2) is 51.8 Å². The molecule has 21 heavy (non-hydrogen) atoms. The zero-order valence-electron chi connectivity index (χ0n) is 11.7. The molecule has 1 aromatic rings. The third-order valence-electron chi connectivity index (χ3n) is 3.09. The monoisotopic (exact) mass is 328 g/mol. The first-order valence-corrected chi connectivity index (χ1v) is 8.02. The predicted octanol–water partition coefficient (Wildman–Crippen LogP) is 2.35. The average molecular weight is 329 g/mol. The second-order valence-corrected chi connectivity index (χ2v) is 6.41. The Balaban J connectivity index is 1.97. The van der Waals surface area contributed by atoms with E-state index in [4.69, 9.17) is 11.6 Å². The fourth-order valence-electron chi connectivity index (χ4n) is 2.08. The van der Waals surface area contributed by atoms with E-state index >= 15 is 0 Å². The van der Waals surface area contributed by atoms with Gasteiger partial charge in [0.2, 0.25) is 0 Å². The summed E-state index contributed by atoms with van der Waals surface area (Å²) in [5.41, 5.74) is 0.974. The summed E-state index contributed by atoms with van der Waals surface area (Å²) in [5.74, 6) is 0.911. The molecule has 0 aromatic carbocycles. The van der Waals surface area contributed by atoms with Crippen LogP contribution in [0, 0.1) is 10.1 Å². The van der Waals surface area contributed by atoms with Crippen molar-refractivity contribution in [2.45, 2.75) is 19.0 Å². The molecule has 8 heteroatoms. The largest absolute Gasteiger partial charge is 0.295 e. The standard InChI is InChI=1S/C13H17ClN4O2S/c1-17(8-10-3-4-12(14)16-7-10)9-11(18(19)20)13-15-5-2-6-21-13/h3-4,7,11H,2,5-6,8-9H2,1H3/t11-/m1/s1. The maximum atomic E-state index is 11.3. The van der Waals surface area contributed by atoms with Gasteiger partial charge in [-0.2, -0.15) is 0 Å². The van der Waals surface area contributed by atoms with E-state index in [0.717, 1.165) is 17.7 Å². The summed E-state index contributed by atoms with van der Waals surface area (Å²) in [4.78, 5) is 21.3. The van der Waals surface area contributed by atoms with Crippen LogP contribution in [0.4, 0.5) is 0 Å². The topological polar surface area (TPSA) is 71.6 Å². The molecule has 0 fully saturated rings. The van der Waals surface area contributed by atoms with Gasteiger partial charge in [0, 0.05) is 30.0 Å². The summed E-state index contributed by atoms with van der Waals surface area (Å²) >= 11 is 7.24. The predicted molar refractivity (Wildman–Crippen MR) is 85.7 cm³/mol. The van der Waals surface area contributed by atoms with Crippen LogP contribution >= 0.6 is 23.4 Å². The summed E-state index contributed by atoms with van der Waals surface area (Å²) in [6, 6.07) is 2.84. The van der Waals surface area contributed by atoms with E-state index in [2.05, 4.69) is 9.98 Å². The molecule has 0 radical (unpaired) electrons. The second-order valence-electron chi connectivity index (χ2n) is 4.91. The quantitative estimate of drug-likeness (QED) is 0.455. The minimum absolute atomic E-state index is 0.242. The van der Waals surface area contributed by atoms with Crippen molar-refractivity contribution in [2.24, 2.45) is 4.99 Å². The van der Waals surface area contributed by atoms with Crippen molar-refractivity contribution in [3.05, 3.63) is 39.2 Å². The number of nitro groups is 1. The smallest absolute Gasteiger partial charge is 0.272 e. The van der Waals surface area contributed by atoms with Crippen molar-refractivity contribution in [1.82, 2.24) is 9.88 Å². The SMILES string of the molecule is CN(Cc1ccc(Cl)nc1)C[C@H](C1=NCCCS1)[N+](=O)[O-]. The summed E-state index contributed by atoms with van der Waals surface area (Å²) in [6.07, 6.45) is 2.68. The molecule has 0 amide bonds. The van der Waals surface area contributed by atoms with Crippen LogP contribution in [0.2, 0.25) is 5.15 Å². The lowest BCUT2D eigenvalue weighted by molar-refractivity contribution is -0.502.